The number of methoxy groups -OCH3 is 1. The monoisotopic (exact) mass is 631 g/mol. The number of carbonyl (C=O) groups is 3. The standard InChI is InChI=1S/C35H42FN5O5/c1-45-35(12-13-35)34(44)41-23-29(39-33(43)31-18-28(36)20-37-31)19-30(41)21-38-32(42)27-10-8-25(9-11-27)3-2-24-4-6-26(7-5-24)22-40-14-16-46-17-15-40/h4-11,28-31,37H,12-23H2,1H3,(H,38,42)(H,39,43)/t28-,29+,30+,31-/m0/s1. The highest BCUT2D eigenvalue weighted by Gasteiger charge is 2.55. The van der Waals surface area contributed by atoms with Gasteiger partial charge in [0.2, 0.25) is 5.91 Å². The summed E-state index contributed by atoms with van der Waals surface area (Å²) in [6.45, 7) is 5.07. The van der Waals surface area contributed by atoms with Crippen LogP contribution < -0.4 is 16.0 Å². The number of benzene rings is 2. The molecule has 0 bridgehead atoms. The molecule has 0 unspecified atom stereocenters. The van der Waals surface area contributed by atoms with E-state index in [1.165, 1.54) is 12.7 Å². The van der Waals surface area contributed by atoms with E-state index in [9.17, 15) is 18.8 Å². The molecular weight excluding hydrogens is 589 g/mol. The lowest BCUT2D eigenvalue weighted by Gasteiger charge is -2.28. The molecule has 46 heavy (non-hydrogen) atoms. The van der Waals surface area contributed by atoms with Crippen molar-refractivity contribution in [3.63, 3.8) is 0 Å². The van der Waals surface area contributed by atoms with Gasteiger partial charge in [-0.3, -0.25) is 19.3 Å². The summed E-state index contributed by atoms with van der Waals surface area (Å²) in [7, 11) is 1.54. The van der Waals surface area contributed by atoms with E-state index in [1.54, 1.807) is 17.0 Å². The number of halogens is 1. The maximum atomic E-state index is 13.6. The minimum atomic E-state index is -1.04. The fourth-order valence-corrected chi connectivity index (χ4v) is 6.41. The lowest BCUT2D eigenvalue weighted by Crippen LogP contribution is -2.49. The second-order valence-corrected chi connectivity index (χ2v) is 12.7. The molecular formula is C35H42FN5O5. The molecule has 6 rings (SSSR count). The second kappa shape index (κ2) is 14.3. The third kappa shape index (κ3) is 7.76. The number of likely N-dealkylation sites (tertiary alicyclic amines) is 1. The third-order valence-corrected chi connectivity index (χ3v) is 9.36. The van der Waals surface area contributed by atoms with E-state index in [2.05, 4.69) is 44.8 Å². The van der Waals surface area contributed by atoms with E-state index in [-0.39, 0.29) is 49.3 Å². The van der Waals surface area contributed by atoms with Crippen molar-refractivity contribution < 1.29 is 28.2 Å². The highest BCUT2D eigenvalue weighted by molar-refractivity contribution is 5.94. The van der Waals surface area contributed by atoms with Crippen molar-refractivity contribution in [2.24, 2.45) is 0 Å². The predicted octanol–water partition coefficient (Wildman–Crippen LogP) is 1.61. The Labute approximate surface area is 269 Å². The van der Waals surface area contributed by atoms with Crippen molar-refractivity contribution in [3.8, 4) is 11.8 Å². The molecule has 244 valence electrons. The van der Waals surface area contributed by atoms with Gasteiger partial charge >= 0.3 is 0 Å². The summed E-state index contributed by atoms with van der Waals surface area (Å²) in [6.07, 6.45) is 0.871. The molecule has 2 aromatic rings. The summed E-state index contributed by atoms with van der Waals surface area (Å²) in [5.41, 5.74) is 2.63. The van der Waals surface area contributed by atoms with Crippen LogP contribution in [0.15, 0.2) is 48.5 Å². The number of amides is 3. The van der Waals surface area contributed by atoms with Crippen molar-refractivity contribution >= 4 is 17.7 Å². The summed E-state index contributed by atoms with van der Waals surface area (Å²) in [4.78, 5) is 43.3. The topological polar surface area (TPSA) is 112 Å². The largest absolute Gasteiger partial charge is 0.379 e. The quantitative estimate of drug-likeness (QED) is 0.361. The van der Waals surface area contributed by atoms with Crippen molar-refractivity contribution in [2.75, 3.05) is 53.0 Å². The Kier molecular flexibility index (Phi) is 9.99. The average Bonchev–Trinajstić information content (AvgIpc) is 3.60. The molecule has 1 aliphatic carbocycles. The van der Waals surface area contributed by atoms with Crippen LogP contribution in [0.25, 0.3) is 0 Å². The van der Waals surface area contributed by atoms with Crippen molar-refractivity contribution in [2.45, 2.75) is 62.1 Å². The first-order chi connectivity index (χ1) is 22.3. The van der Waals surface area contributed by atoms with Gasteiger partial charge in [-0.1, -0.05) is 24.0 Å². The van der Waals surface area contributed by atoms with Crippen LogP contribution >= 0.6 is 0 Å². The molecule has 4 aliphatic rings. The molecule has 2 aromatic carbocycles. The Hall–Kier alpha value is -3.82. The van der Waals surface area contributed by atoms with E-state index in [0.717, 1.165) is 44.0 Å². The smallest absolute Gasteiger partial charge is 0.255 e. The number of nitrogens with one attached hydrogen (secondary N) is 3. The number of alkyl halides is 1. The second-order valence-electron chi connectivity index (χ2n) is 12.7. The fourth-order valence-electron chi connectivity index (χ4n) is 6.41. The lowest BCUT2D eigenvalue weighted by molar-refractivity contribution is -0.145. The van der Waals surface area contributed by atoms with Crippen molar-refractivity contribution in [3.05, 3.63) is 70.8 Å². The average molecular weight is 632 g/mol. The molecule has 11 heteroatoms. The van der Waals surface area contributed by atoms with E-state index >= 15 is 0 Å². The minimum absolute atomic E-state index is 0.122. The maximum Gasteiger partial charge on any atom is 0.255 e. The lowest BCUT2D eigenvalue weighted by atomic mass is 10.1. The van der Waals surface area contributed by atoms with Gasteiger partial charge in [-0.15, -0.1) is 0 Å². The minimum Gasteiger partial charge on any atom is -0.379 e. The summed E-state index contributed by atoms with van der Waals surface area (Å²) >= 11 is 0. The zero-order chi connectivity index (χ0) is 32.1. The Balaban J connectivity index is 1.03. The van der Waals surface area contributed by atoms with Crippen LogP contribution in [0.5, 0.6) is 0 Å². The molecule has 1 saturated carbocycles. The number of ether oxygens (including phenoxy) is 2. The molecule has 3 heterocycles. The molecule has 10 nitrogen and oxygen atoms in total. The van der Waals surface area contributed by atoms with Gasteiger partial charge in [0.15, 0.2) is 0 Å². The molecule has 3 aliphatic heterocycles. The molecule has 0 radical (unpaired) electrons. The van der Waals surface area contributed by atoms with Gasteiger partial charge in [0.25, 0.3) is 11.8 Å². The number of hydrogen-bond donors (Lipinski definition) is 3. The molecule has 0 spiro atoms. The normalized spacial score (nSPS) is 25.4. The van der Waals surface area contributed by atoms with Crippen molar-refractivity contribution in [1.29, 1.82) is 0 Å². The molecule has 0 aromatic heterocycles. The van der Waals surface area contributed by atoms with Gasteiger partial charge in [-0.25, -0.2) is 4.39 Å². The fraction of sp³-hybridized carbons (Fsp3) is 0.514. The van der Waals surface area contributed by atoms with Gasteiger partial charge in [0.05, 0.1) is 25.3 Å². The zero-order valence-corrected chi connectivity index (χ0v) is 26.2. The van der Waals surface area contributed by atoms with Gasteiger partial charge in [0, 0.05) is 75.5 Å². The summed E-state index contributed by atoms with van der Waals surface area (Å²) in [5, 5.41) is 8.85. The van der Waals surface area contributed by atoms with E-state index < -0.39 is 17.8 Å². The van der Waals surface area contributed by atoms with Gasteiger partial charge in [0.1, 0.15) is 11.8 Å². The molecule has 3 N–H and O–H groups in total. The van der Waals surface area contributed by atoms with Crippen LogP contribution in [0, 0.1) is 11.8 Å². The van der Waals surface area contributed by atoms with Crippen LogP contribution in [0.3, 0.4) is 0 Å². The zero-order valence-electron chi connectivity index (χ0n) is 26.2. The Bertz CT molecular complexity index is 1460. The molecule has 4 atom stereocenters. The highest BCUT2D eigenvalue weighted by Crippen LogP contribution is 2.42. The van der Waals surface area contributed by atoms with Gasteiger partial charge in [-0.05, 0) is 61.2 Å². The molecule has 3 amide bonds. The number of nitrogens with zero attached hydrogens (tertiary/aromatic N) is 2. The van der Waals surface area contributed by atoms with E-state index in [0.29, 0.717) is 31.4 Å². The number of rotatable bonds is 9. The van der Waals surface area contributed by atoms with Crippen LogP contribution in [-0.4, -0.2) is 110 Å². The number of carbonyl (C=O) groups excluding carboxylic acids is 3. The van der Waals surface area contributed by atoms with Gasteiger partial charge in [-0.2, -0.15) is 0 Å². The van der Waals surface area contributed by atoms with Crippen LogP contribution in [-0.2, 0) is 25.6 Å². The van der Waals surface area contributed by atoms with Crippen LogP contribution in [0.4, 0.5) is 4.39 Å². The van der Waals surface area contributed by atoms with E-state index in [1.807, 2.05) is 24.3 Å². The highest BCUT2D eigenvalue weighted by atomic mass is 19.1. The first kappa shape index (κ1) is 32.1. The Morgan fingerprint density at radius 2 is 1.70 bits per heavy atom. The molecule has 3 saturated heterocycles. The summed E-state index contributed by atoms with van der Waals surface area (Å²) < 4.78 is 24.6. The molecule has 4 fully saturated rings. The summed E-state index contributed by atoms with van der Waals surface area (Å²) in [6, 6.07) is 14.2. The SMILES string of the molecule is COC1(C(=O)N2C[C@H](NC(=O)[C@@H]3C[C@H](F)CN3)C[C@@H]2CNC(=O)c2ccc(C#Cc3ccc(CN4CCOCC4)cc3)cc2)CC1. The third-order valence-electron chi connectivity index (χ3n) is 9.36. The van der Waals surface area contributed by atoms with Crippen LogP contribution in [0.1, 0.15) is 52.7 Å². The Morgan fingerprint density at radius 1 is 1.02 bits per heavy atom. The van der Waals surface area contributed by atoms with E-state index in [4.69, 9.17) is 9.47 Å². The number of hydrogen-bond acceptors (Lipinski definition) is 7. The Morgan fingerprint density at radius 3 is 2.30 bits per heavy atom. The van der Waals surface area contributed by atoms with Gasteiger partial charge < -0.3 is 30.3 Å². The van der Waals surface area contributed by atoms with Crippen molar-refractivity contribution in [1.82, 2.24) is 25.8 Å². The first-order valence-electron chi connectivity index (χ1n) is 16.2. The maximum absolute atomic E-state index is 13.6. The summed E-state index contributed by atoms with van der Waals surface area (Å²) in [5.74, 6) is 5.72. The number of morpholine rings is 1. The predicted molar refractivity (Wildman–Crippen MR) is 170 cm³/mol. The van der Waals surface area contributed by atoms with Crippen LogP contribution in [0.2, 0.25) is 0 Å². The first-order valence-corrected chi connectivity index (χ1v) is 16.2.